The molecule has 0 radical (unpaired) electrons. The third kappa shape index (κ3) is 3.25. The highest BCUT2D eigenvalue weighted by atomic mass is 16.5. The van der Waals surface area contributed by atoms with Gasteiger partial charge in [-0.05, 0) is 33.6 Å². The predicted molar refractivity (Wildman–Crippen MR) is 67.8 cm³/mol. The minimum atomic E-state index is -0.254. The van der Waals surface area contributed by atoms with Crippen LogP contribution in [0.3, 0.4) is 0 Å². The van der Waals surface area contributed by atoms with Crippen LogP contribution >= 0.6 is 0 Å². The number of hydrogen-bond acceptors (Lipinski definition) is 4. The second-order valence-corrected chi connectivity index (χ2v) is 5.30. The highest BCUT2D eigenvalue weighted by molar-refractivity contribution is 5.61. The highest BCUT2D eigenvalue weighted by Crippen LogP contribution is 2.39. The standard InChI is InChI=1S/C13H20N2O2/c1-13(2,3)17-11-8-15-7-10(14-4)12(11)16-9-5-6-9/h7-9,14H,5-6H2,1-4H3. The molecule has 0 atom stereocenters. The van der Waals surface area contributed by atoms with Gasteiger partial charge in [-0.25, -0.2) is 0 Å². The summed E-state index contributed by atoms with van der Waals surface area (Å²) in [5.74, 6) is 1.48. The quantitative estimate of drug-likeness (QED) is 0.873. The Morgan fingerprint density at radius 3 is 2.53 bits per heavy atom. The van der Waals surface area contributed by atoms with Crippen LogP contribution in [0.4, 0.5) is 5.69 Å². The molecule has 4 nitrogen and oxygen atoms in total. The molecule has 1 aliphatic rings. The Morgan fingerprint density at radius 1 is 1.29 bits per heavy atom. The fraction of sp³-hybridized carbons (Fsp3) is 0.615. The number of pyridine rings is 1. The molecule has 0 aromatic carbocycles. The highest BCUT2D eigenvalue weighted by Gasteiger charge is 2.27. The van der Waals surface area contributed by atoms with E-state index >= 15 is 0 Å². The van der Waals surface area contributed by atoms with E-state index in [0.29, 0.717) is 11.9 Å². The molecule has 0 aliphatic heterocycles. The predicted octanol–water partition coefficient (Wildman–Crippen LogP) is 2.84. The van der Waals surface area contributed by atoms with E-state index in [4.69, 9.17) is 9.47 Å². The zero-order chi connectivity index (χ0) is 12.5. The van der Waals surface area contributed by atoms with E-state index in [9.17, 15) is 0 Å². The molecule has 1 aromatic heterocycles. The van der Waals surface area contributed by atoms with Gasteiger partial charge in [-0.15, -0.1) is 0 Å². The summed E-state index contributed by atoms with van der Waals surface area (Å²) < 4.78 is 11.8. The first-order chi connectivity index (χ1) is 7.99. The van der Waals surface area contributed by atoms with Crippen molar-refractivity contribution in [2.24, 2.45) is 0 Å². The van der Waals surface area contributed by atoms with E-state index in [2.05, 4.69) is 10.3 Å². The van der Waals surface area contributed by atoms with Crippen molar-refractivity contribution in [3.8, 4) is 11.5 Å². The third-order valence-corrected chi connectivity index (χ3v) is 2.36. The summed E-state index contributed by atoms with van der Waals surface area (Å²) in [7, 11) is 1.86. The van der Waals surface area contributed by atoms with Crippen molar-refractivity contribution in [3.05, 3.63) is 12.4 Å². The van der Waals surface area contributed by atoms with Gasteiger partial charge in [-0.3, -0.25) is 4.98 Å². The first-order valence-corrected chi connectivity index (χ1v) is 6.01. The second kappa shape index (κ2) is 4.43. The van der Waals surface area contributed by atoms with Gasteiger partial charge in [0.15, 0.2) is 11.5 Å². The summed E-state index contributed by atoms with van der Waals surface area (Å²) in [5.41, 5.74) is 0.619. The zero-order valence-corrected chi connectivity index (χ0v) is 10.9. The van der Waals surface area contributed by atoms with Crippen LogP contribution in [0.15, 0.2) is 12.4 Å². The molecule has 1 heterocycles. The third-order valence-electron chi connectivity index (χ3n) is 2.36. The molecule has 0 saturated heterocycles. The molecule has 1 aromatic rings. The first-order valence-electron chi connectivity index (χ1n) is 6.01. The van der Waals surface area contributed by atoms with Gasteiger partial charge in [0.05, 0.1) is 24.2 Å². The molecule has 0 amide bonds. The van der Waals surface area contributed by atoms with Gasteiger partial charge in [0.1, 0.15) is 5.60 Å². The van der Waals surface area contributed by atoms with Crippen molar-refractivity contribution in [1.29, 1.82) is 0 Å². The maximum absolute atomic E-state index is 5.90. The number of nitrogens with one attached hydrogen (secondary N) is 1. The van der Waals surface area contributed by atoms with Crippen LogP contribution < -0.4 is 14.8 Å². The van der Waals surface area contributed by atoms with Crippen LogP contribution in [-0.4, -0.2) is 23.7 Å². The van der Waals surface area contributed by atoms with Crippen molar-refractivity contribution < 1.29 is 9.47 Å². The molecular weight excluding hydrogens is 216 g/mol. The van der Waals surface area contributed by atoms with E-state index < -0.39 is 0 Å². The fourth-order valence-corrected chi connectivity index (χ4v) is 1.48. The van der Waals surface area contributed by atoms with Gasteiger partial charge in [-0.1, -0.05) is 0 Å². The summed E-state index contributed by atoms with van der Waals surface area (Å²) in [5, 5.41) is 3.09. The van der Waals surface area contributed by atoms with Gasteiger partial charge in [-0.2, -0.15) is 0 Å². The van der Waals surface area contributed by atoms with Crippen molar-refractivity contribution in [2.45, 2.75) is 45.3 Å². The zero-order valence-electron chi connectivity index (χ0n) is 10.9. The molecule has 1 aliphatic carbocycles. The summed E-state index contributed by atoms with van der Waals surface area (Å²) in [6.45, 7) is 6.04. The molecule has 1 N–H and O–H groups in total. The van der Waals surface area contributed by atoms with Crippen LogP contribution in [0, 0.1) is 0 Å². The lowest BCUT2D eigenvalue weighted by Gasteiger charge is -2.23. The number of ether oxygens (including phenoxy) is 2. The Balaban J connectivity index is 2.28. The Morgan fingerprint density at radius 2 is 2.00 bits per heavy atom. The molecule has 17 heavy (non-hydrogen) atoms. The summed E-state index contributed by atoms with van der Waals surface area (Å²) in [6.07, 6.45) is 6.06. The van der Waals surface area contributed by atoms with E-state index in [1.807, 2.05) is 27.8 Å². The van der Waals surface area contributed by atoms with Gasteiger partial charge < -0.3 is 14.8 Å². The fourth-order valence-electron chi connectivity index (χ4n) is 1.48. The summed E-state index contributed by atoms with van der Waals surface area (Å²) in [4.78, 5) is 4.16. The maximum atomic E-state index is 5.90. The van der Waals surface area contributed by atoms with Crippen molar-refractivity contribution in [1.82, 2.24) is 4.98 Å². The van der Waals surface area contributed by atoms with Gasteiger partial charge in [0.2, 0.25) is 0 Å². The van der Waals surface area contributed by atoms with Crippen molar-refractivity contribution in [2.75, 3.05) is 12.4 Å². The van der Waals surface area contributed by atoms with Crippen LogP contribution in [-0.2, 0) is 0 Å². The van der Waals surface area contributed by atoms with Crippen LogP contribution in [0.2, 0.25) is 0 Å². The Bertz CT molecular complexity index is 395. The largest absolute Gasteiger partial charge is 0.484 e. The monoisotopic (exact) mass is 236 g/mol. The Labute approximate surface area is 102 Å². The minimum Gasteiger partial charge on any atom is -0.484 e. The van der Waals surface area contributed by atoms with Gasteiger partial charge >= 0.3 is 0 Å². The molecule has 1 fully saturated rings. The molecule has 0 unspecified atom stereocenters. The number of hydrogen-bond donors (Lipinski definition) is 1. The van der Waals surface area contributed by atoms with Gasteiger partial charge in [0.25, 0.3) is 0 Å². The maximum Gasteiger partial charge on any atom is 0.187 e. The van der Waals surface area contributed by atoms with E-state index in [1.165, 1.54) is 0 Å². The van der Waals surface area contributed by atoms with Crippen LogP contribution in [0.1, 0.15) is 33.6 Å². The Kier molecular flexibility index (Phi) is 3.13. The molecule has 4 heteroatoms. The molecule has 1 saturated carbocycles. The first kappa shape index (κ1) is 12.0. The lowest BCUT2D eigenvalue weighted by molar-refractivity contribution is 0.122. The normalized spacial score (nSPS) is 15.5. The summed E-state index contributed by atoms with van der Waals surface area (Å²) >= 11 is 0. The average Bonchev–Trinajstić information content (AvgIpc) is 3.02. The Hall–Kier alpha value is -1.45. The lowest BCUT2D eigenvalue weighted by atomic mass is 10.2. The smallest absolute Gasteiger partial charge is 0.187 e. The number of anilines is 1. The molecule has 2 rings (SSSR count). The lowest BCUT2D eigenvalue weighted by Crippen LogP contribution is -2.23. The molecular formula is C13H20N2O2. The topological polar surface area (TPSA) is 43.4 Å². The van der Waals surface area contributed by atoms with Crippen molar-refractivity contribution in [3.63, 3.8) is 0 Å². The summed E-state index contributed by atoms with van der Waals surface area (Å²) in [6, 6.07) is 0. The molecule has 0 bridgehead atoms. The van der Waals surface area contributed by atoms with Gasteiger partial charge in [0, 0.05) is 7.05 Å². The second-order valence-electron chi connectivity index (χ2n) is 5.30. The number of rotatable bonds is 4. The van der Waals surface area contributed by atoms with E-state index in [1.54, 1.807) is 12.4 Å². The van der Waals surface area contributed by atoms with E-state index in [-0.39, 0.29) is 5.60 Å². The number of nitrogens with zero attached hydrogens (tertiary/aromatic N) is 1. The average molecular weight is 236 g/mol. The van der Waals surface area contributed by atoms with Crippen LogP contribution in [0.25, 0.3) is 0 Å². The van der Waals surface area contributed by atoms with Crippen molar-refractivity contribution >= 4 is 5.69 Å². The molecule has 94 valence electrons. The van der Waals surface area contributed by atoms with E-state index in [0.717, 1.165) is 24.3 Å². The van der Waals surface area contributed by atoms with Crippen LogP contribution in [0.5, 0.6) is 11.5 Å². The SMILES string of the molecule is CNc1cncc(OC(C)(C)C)c1OC1CC1. The number of aromatic nitrogens is 1. The molecule has 0 spiro atoms. The minimum absolute atomic E-state index is 0.254.